The maximum Gasteiger partial charge on any atom is 0.298 e. The van der Waals surface area contributed by atoms with Crippen molar-refractivity contribution >= 4 is 29.2 Å². The second kappa shape index (κ2) is 11.3. The van der Waals surface area contributed by atoms with E-state index in [-0.39, 0.29) is 23.4 Å². The maximum atomic E-state index is 13.1. The van der Waals surface area contributed by atoms with Crippen molar-refractivity contribution in [2.24, 2.45) is 11.7 Å². The third kappa shape index (κ3) is 5.80. The van der Waals surface area contributed by atoms with Crippen LogP contribution in [0.4, 0.5) is 17.4 Å². The number of primary amides is 1. The first-order chi connectivity index (χ1) is 17.6. The average Bonchev–Trinajstić information content (AvgIpc) is 3.41. The number of hydrogen-bond acceptors (Lipinski definition) is 9. The standard InChI is InChI=1S/C25H35N7O4/c26-23(33)19-3-7-31(8-4-19)22-15-18(16-30-9-5-27-6-10-30)1-2-20(22)28-24(34)21-17-36-25(29-21)32-11-13-35-14-12-32/h1-2,15,17,19,27H,3-14,16H2,(H2,26,33)(H,28,34). The predicted octanol–water partition coefficient (Wildman–Crippen LogP) is 0.870. The monoisotopic (exact) mass is 497 g/mol. The second-order valence-electron chi connectivity index (χ2n) is 9.61. The number of aromatic nitrogens is 1. The second-order valence-corrected chi connectivity index (χ2v) is 9.61. The summed E-state index contributed by atoms with van der Waals surface area (Å²) in [5, 5.41) is 6.43. The van der Waals surface area contributed by atoms with Crippen LogP contribution in [0.3, 0.4) is 0 Å². The molecule has 4 N–H and O–H groups in total. The van der Waals surface area contributed by atoms with Crippen LogP contribution in [0.1, 0.15) is 28.9 Å². The molecule has 3 fully saturated rings. The number of rotatable bonds is 7. The number of nitrogens with two attached hydrogens (primary N) is 1. The number of ether oxygens (including phenoxy) is 1. The lowest BCUT2D eigenvalue weighted by Gasteiger charge is -2.34. The summed E-state index contributed by atoms with van der Waals surface area (Å²) in [4.78, 5) is 35.8. The van der Waals surface area contributed by atoms with E-state index in [9.17, 15) is 9.59 Å². The number of carbonyl (C=O) groups is 2. The van der Waals surface area contributed by atoms with E-state index < -0.39 is 0 Å². The van der Waals surface area contributed by atoms with Crippen LogP contribution in [0, 0.1) is 5.92 Å². The Labute approximate surface area is 210 Å². The van der Waals surface area contributed by atoms with Gasteiger partial charge >= 0.3 is 0 Å². The largest absolute Gasteiger partial charge is 0.431 e. The normalized spacial score (nSPS) is 19.9. The van der Waals surface area contributed by atoms with Gasteiger partial charge in [0.05, 0.1) is 24.6 Å². The van der Waals surface area contributed by atoms with Crippen molar-refractivity contribution in [2.75, 3.05) is 80.7 Å². The third-order valence-electron chi connectivity index (χ3n) is 7.17. The Morgan fingerprint density at radius 3 is 2.53 bits per heavy atom. The maximum absolute atomic E-state index is 13.1. The number of nitrogens with one attached hydrogen (secondary N) is 2. The summed E-state index contributed by atoms with van der Waals surface area (Å²) in [6, 6.07) is 6.63. The fraction of sp³-hybridized carbons (Fsp3) is 0.560. The minimum atomic E-state index is -0.318. The number of hydrogen-bond donors (Lipinski definition) is 3. The van der Waals surface area contributed by atoms with Crippen LogP contribution in [0.25, 0.3) is 0 Å². The van der Waals surface area contributed by atoms with Gasteiger partial charge in [0.2, 0.25) is 5.91 Å². The average molecular weight is 498 g/mol. The molecular weight excluding hydrogens is 462 g/mol. The molecule has 0 unspecified atom stereocenters. The van der Waals surface area contributed by atoms with Crippen molar-refractivity contribution in [3.05, 3.63) is 35.7 Å². The molecule has 2 aromatic rings. The van der Waals surface area contributed by atoms with Gasteiger partial charge in [-0.15, -0.1) is 0 Å². The summed E-state index contributed by atoms with van der Waals surface area (Å²) in [6.07, 6.45) is 2.81. The van der Waals surface area contributed by atoms with Crippen molar-refractivity contribution in [1.82, 2.24) is 15.2 Å². The number of piperazine rings is 1. The van der Waals surface area contributed by atoms with Gasteiger partial charge in [0.25, 0.3) is 11.9 Å². The molecule has 3 aliphatic rings. The first kappa shape index (κ1) is 24.5. The van der Waals surface area contributed by atoms with Gasteiger partial charge in [0.1, 0.15) is 6.26 Å². The summed E-state index contributed by atoms with van der Waals surface area (Å²) in [5.41, 5.74) is 8.65. The molecule has 0 saturated carbocycles. The SMILES string of the molecule is NC(=O)C1CCN(c2cc(CN3CCNCC3)ccc2NC(=O)c2coc(N3CCOCC3)n2)CC1. The number of carbonyl (C=O) groups excluding carboxylic acids is 2. The molecule has 11 heteroatoms. The lowest BCUT2D eigenvalue weighted by atomic mass is 9.95. The lowest BCUT2D eigenvalue weighted by molar-refractivity contribution is -0.122. The van der Waals surface area contributed by atoms with E-state index in [0.29, 0.717) is 58.2 Å². The predicted molar refractivity (Wildman–Crippen MR) is 136 cm³/mol. The van der Waals surface area contributed by atoms with Gasteiger partial charge in [-0.3, -0.25) is 14.5 Å². The zero-order valence-corrected chi connectivity index (χ0v) is 20.6. The molecule has 5 rings (SSSR count). The lowest BCUT2D eigenvalue weighted by Crippen LogP contribution is -2.43. The van der Waals surface area contributed by atoms with Crippen molar-refractivity contribution in [3.8, 4) is 0 Å². The molecule has 2 amide bonds. The van der Waals surface area contributed by atoms with Gasteiger partial charge in [-0.25, -0.2) is 0 Å². The molecule has 1 aromatic heterocycles. The Morgan fingerprint density at radius 2 is 1.81 bits per heavy atom. The molecule has 11 nitrogen and oxygen atoms in total. The molecule has 0 aliphatic carbocycles. The molecule has 0 bridgehead atoms. The zero-order chi connectivity index (χ0) is 24.9. The Balaban J connectivity index is 1.33. The van der Waals surface area contributed by atoms with Crippen molar-refractivity contribution in [2.45, 2.75) is 19.4 Å². The van der Waals surface area contributed by atoms with Crippen LogP contribution in [0.2, 0.25) is 0 Å². The first-order valence-electron chi connectivity index (χ1n) is 12.8. The van der Waals surface area contributed by atoms with Crippen LogP contribution in [0.15, 0.2) is 28.9 Å². The smallest absolute Gasteiger partial charge is 0.298 e. The number of anilines is 3. The van der Waals surface area contributed by atoms with Gasteiger partial charge < -0.3 is 35.3 Å². The highest BCUT2D eigenvalue weighted by Gasteiger charge is 2.26. The van der Waals surface area contributed by atoms with Gasteiger partial charge in [-0.05, 0) is 30.5 Å². The quantitative estimate of drug-likeness (QED) is 0.510. The van der Waals surface area contributed by atoms with E-state index in [1.165, 1.54) is 11.8 Å². The summed E-state index contributed by atoms with van der Waals surface area (Å²) >= 11 is 0. The van der Waals surface area contributed by atoms with Crippen molar-refractivity contribution in [3.63, 3.8) is 0 Å². The van der Waals surface area contributed by atoms with Crippen LogP contribution < -0.4 is 26.2 Å². The molecule has 194 valence electrons. The molecular formula is C25H35N7O4. The van der Waals surface area contributed by atoms with E-state index in [1.54, 1.807) is 0 Å². The number of oxazole rings is 1. The molecule has 1 aromatic carbocycles. The van der Waals surface area contributed by atoms with Crippen LogP contribution in [0.5, 0.6) is 0 Å². The fourth-order valence-corrected chi connectivity index (χ4v) is 5.03. The van der Waals surface area contributed by atoms with Gasteiger partial charge in [0.15, 0.2) is 5.69 Å². The Bertz CT molecular complexity index is 1050. The Kier molecular flexibility index (Phi) is 7.69. The molecule has 3 aliphatic heterocycles. The molecule has 3 saturated heterocycles. The van der Waals surface area contributed by atoms with E-state index in [2.05, 4.69) is 37.6 Å². The minimum Gasteiger partial charge on any atom is -0.431 e. The van der Waals surface area contributed by atoms with Crippen molar-refractivity contribution < 1.29 is 18.7 Å². The summed E-state index contributed by atoms with van der Waals surface area (Å²) < 4.78 is 11.0. The molecule has 36 heavy (non-hydrogen) atoms. The van der Waals surface area contributed by atoms with Gasteiger partial charge in [0, 0.05) is 64.8 Å². The first-order valence-corrected chi connectivity index (χ1v) is 12.8. The highest BCUT2D eigenvalue weighted by atomic mass is 16.5. The number of nitrogens with zero attached hydrogens (tertiary/aromatic N) is 4. The van der Waals surface area contributed by atoms with Gasteiger partial charge in [-0.2, -0.15) is 4.98 Å². The van der Waals surface area contributed by atoms with Gasteiger partial charge in [-0.1, -0.05) is 6.07 Å². The minimum absolute atomic E-state index is 0.0999. The van der Waals surface area contributed by atoms with Crippen LogP contribution in [-0.4, -0.2) is 87.3 Å². The Morgan fingerprint density at radius 1 is 1.06 bits per heavy atom. The van der Waals surface area contributed by atoms with Crippen molar-refractivity contribution in [1.29, 1.82) is 0 Å². The van der Waals surface area contributed by atoms with E-state index >= 15 is 0 Å². The molecule has 0 spiro atoms. The zero-order valence-electron chi connectivity index (χ0n) is 20.6. The number of amides is 2. The fourth-order valence-electron chi connectivity index (χ4n) is 5.03. The molecule has 0 atom stereocenters. The number of benzene rings is 1. The third-order valence-corrected chi connectivity index (χ3v) is 7.17. The number of piperidine rings is 1. The van der Waals surface area contributed by atoms with E-state index in [4.69, 9.17) is 14.9 Å². The molecule has 0 radical (unpaired) electrons. The summed E-state index contributed by atoms with van der Waals surface area (Å²) in [7, 11) is 0. The molecule has 4 heterocycles. The van der Waals surface area contributed by atoms with E-state index in [1.807, 2.05) is 11.0 Å². The summed E-state index contributed by atoms with van der Waals surface area (Å²) in [5.74, 6) is -0.656. The van der Waals surface area contributed by atoms with Crippen LogP contribution in [-0.2, 0) is 16.1 Å². The highest BCUT2D eigenvalue weighted by molar-refractivity contribution is 6.04. The summed E-state index contributed by atoms with van der Waals surface area (Å²) in [6.45, 7) is 8.86. The van der Waals surface area contributed by atoms with E-state index in [0.717, 1.165) is 44.1 Å². The van der Waals surface area contributed by atoms with Crippen LogP contribution >= 0.6 is 0 Å². The topological polar surface area (TPSA) is 129 Å². The highest BCUT2D eigenvalue weighted by Crippen LogP contribution is 2.32. The Hall–Kier alpha value is -3.15. The number of morpholine rings is 1.